The maximum Gasteiger partial charge on any atom is 0.120 e. The summed E-state index contributed by atoms with van der Waals surface area (Å²) in [6, 6.07) is 4.89. The monoisotopic (exact) mass is 148 g/mol. The molecule has 3 heteroatoms. The summed E-state index contributed by atoms with van der Waals surface area (Å²) in [4.78, 5) is 0. The molecule has 0 radical (unpaired) electrons. The molecule has 0 saturated heterocycles. The van der Waals surface area contributed by atoms with Crippen LogP contribution < -0.4 is 5.73 Å². The Hall–Kier alpha value is -1.69. The first-order valence-electron chi connectivity index (χ1n) is 3.15. The van der Waals surface area contributed by atoms with Gasteiger partial charge >= 0.3 is 0 Å². The van der Waals surface area contributed by atoms with Crippen molar-refractivity contribution in [3.63, 3.8) is 0 Å². The maximum absolute atomic E-state index is 9.13. The van der Waals surface area contributed by atoms with E-state index in [0.717, 1.165) is 0 Å². The van der Waals surface area contributed by atoms with Crippen molar-refractivity contribution in [3.8, 4) is 11.8 Å². The molecule has 11 heavy (non-hydrogen) atoms. The summed E-state index contributed by atoms with van der Waals surface area (Å²) >= 11 is 0. The molecule has 0 spiro atoms. The van der Waals surface area contributed by atoms with Crippen LogP contribution in [-0.2, 0) is 0 Å². The van der Waals surface area contributed by atoms with Crippen molar-refractivity contribution in [1.29, 1.82) is 5.26 Å². The zero-order chi connectivity index (χ0) is 8.43. The quantitative estimate of drug-likeness (QED) is 0.542. The molecule has 0 bridgehead atoms. The number of rotatable bonds is 0. The normalized spacial score (nSPS) is 9.09. The van der Waals surface area contributed by atoms with Crippen LogP contribution in [0.2, 0.25) is 0 Å². The van der Waals surface area contributed by atoms with Gasteiger partial charge in [0, 0.05) is 5.56 Å². The van der Waals surface area contributed by atoms with E-state index in [1.54, 1.807) is 6.92 Å². The molecule has 1 rings (SSSR count). The minimum absolute atomic E-state index is 0.126. The Kier molecular flexibility index (Phi) is 1.69. The Labute approximate surface area is 64.7 Å². The lowest BCUT2D eigenvalue weighted by Crippen LogP contribution is -1.93. The maximum atomic E-state index is 9.13. The molecule has 0 aliphatic rings. The van der Waals surface area contributed by atoms with Gasteiger partial charge in [-0.15, -0.1) is 0 Å². The van der Waals surface area contributed by atoms with E-state index in [2.05, 4.69) is 0 Å². The number of phenolic OH excluding ortho intramolecular Hbond substituents is 1. The minimum Gasteiger partial charge on any atom is -0.508 e. The first kappa shape index (κ1) is 7.42. The molecule has 3 N–H and O–H groups in total. The van der Waals surface area contributed by atoms with Crippen LogP contribution in [0.25, 0.3) is 0 Å². The molecule has 0 aliphatic carbocycles. The number of nitrogens with zero attached hydrogens (tertiary/aromatic N) is 1. The van der Waals surface area contributed by atoms with Crippen molar-refractivity contribution >= 4 is 5.69 Å². The van der Waals surface area contributed by atoms with Crippen molar-refractivity contribution in [2.45, 2.75) is 6.92 Å². The van der Waals surface area contributed by atoms with Crippen LogP contribution in [0.4, 0.5) is 5.69 Å². The van der Waals surface area contributed by atoms with E-state index in [1.807, 2.05) is 6.07 Å². The van der Waals surface area contributed by atoms with Gasteiger partial charge in [-0.3, -0.25) is 0 Å². The predicted octanol–water partition coefficient (Wildman–Crippen LogP) is 1.15. The number of nitriles is 1. The summed E-state index contributed by atoms with van der Waals surface area (Å²) in [6.45, 7) is 1.67. The van der Waals surface area contributed by atoms with Gasteiger partial charge in [-0.1, -0.05) is 0 Å². The fourth-order valence-corrected chi connectivity index (χ4v) is 0.815. The van der Waals surface area contributed by atoms with E-state index >= 15 is 0 Å². The lowest BCUT2D eigenvalue weighted by molar-refractivity contribution is 0.471. The van der Waals surface area contributed by atoms with Crippen LogP contribution in [0.3, 0.4) is 0 Å². The van der Waals surface area contributed by atoms with Crippen LogP contribution in [-0.4, -0.2) is 5.11 Å². The second-order valence-corrected chi connectivity index (χ2v) is 2.28. The number of nitrogens with two attached hydrogens (primary N) is 1. The van der Waals surface area contributed by atoms with Crippen molar-refractivity contribution in [3.05, 3.63) is 23.3 Å². The van der Waals surface area contributed by atoms with E-state index in [9.17, 15) is 0 Å². The molecule has 0 aromatic heterocycles. The van der Waals surface area contributed by atoms with Gasteiger partial charge in [-0.05, 0) is 19.1 Å². The van der Waals surface area contributed by atoms with Gasteiger partial charge in [-0.25, -0.2) is 0 Å². The first-order valence-corrected chi connectivity index (χ1v) is 3.15. The van der Waals surface area contributed by atoms with Gasteiger partial charge in [0.1, 0.15) is 11.8 Å². The number of hydrogen-bond acceptors (Lipinski definition) is 3. The Balaban J connectivity index is 3.40. The number of anilines is 1. The Morgan fingerprint density at radius 2 is 2.18 bits per heavy atom. The van der Waals surface area contributed by atoms with Crippen LogP contribution >= 0.6 is 0 Å². The number of phenols is 1. The molecule has 56 valence electrons. The molecule has 0 atom stereocenters. The summed E-state index contributed by atoms with van der Waals surface area (Å²) in [5.41, 5.74) is 6.83. The molecule has 0 fully saturated rings. The lowest BCUT2D eigenvalue weighted by Gasteiger charge is -2.02. The van der Waals surface area contributed by atoms with Crippen molar-refractivity contribution in [2.75, 3.05) is 5.73 Å². The van der Waals surface area contributed by atoms with Gasteiger partial charge in [0.15, 0.2) is 0 Å². The third kappa shape index (κ3) is 1.10. The molecule has 0 saturated carbocycles. The molecular weight excluding hydrogens is 140 g/mol. The standard InChI is InChI=1S/C8H8N2O/c1-5-7(11)3-2-6(4-9)8(5)10/h2-3,11H,10H2,1H3. The zero-order valence-corrected chi connectivity index (χ0v) is 6.13. The zero-order valence-electron chi connectivity index (χ0n) is 6.13. The van der Waals surface area contributed by atoms with E-state index in [4.69, 9.17) is 16.1 Å². The second kappa shape index (κ2) is 2.51. The van der Waals surface area contributed by atoms with Gasteiger partial charge in [0.05, 0.1) is 11.3 Å². The fraction of sp³-hybridized carbons (Fsp3) is 0.125. The summed E-state index contributed by atoms with van der Waals surface area (Å²) in [7, 11) is 0. The third-order valence-electron chi connectivity index (χ3n) is 1.61. The first-order chi connectivity index (χ1) is 5.16. The Morgan fingerprint density at radius 3 is 2.73 bits per heavy atom. The van der Waals surface area contributed by atoms with Crippen LogP contribution in [0.15, 0.2) is 12.1 Å². The van der Waals surface area contributed by atoms with E-state index < -0.39 is 0 Å². The largest absolute Gasteiger partial charge is 0.508 e. The average molecular weight is 148 g/mol. The summed E-state index contributed by atoms with van der Waals surface area (Å²) in [5, 5.41) is 17.7. The van der Waals surface area contributed by atoms with E-state index in [-0.39, 0.29) is 5.75 Å². The Morgan fingerprint density at radius 1 is 1.55 bits per heavy atom. The van der Waals surface area contributed by atoms with E-state index in [1.165, 1.54) is 12.1 Å². The number of nitrogen functional groups attached to an aromatic ring is 1. The van der Waals surface area contributed by atoms with Gasteiger partial charge in [0.2, 0.25) is 0 Å². The summed E-state index contributed by atoms with van der Waals surface area (Å²) < 4.78 is 0. The average Bonchev–Trinajstić information content (AvgIpc) is 2.01. The van der Waals surface area contributed by atoms with Crippen LogP contribution in [0.1, 0.15) is 11.1 Å². The predicted molar refractivity (Wildman–Crippen MR) is 42.0 cm³/mol. The highest BCUT2D eigenvalue weighted by Crippen LogP contribution is 2.24. The smallest absolute Gasteiger partial charge is 0.120 e. The SMILES string of the molecule is Cc1c(O)ccc(C#N)c1N. The summed E-state index contributed by atoms with van der Waals surface area (Å²) in [5.74, 6) is 0.126. The second-order valence-electron chi connectivity index (χ2n) is 2.28. The molecular formula is C8H8N2O. The molecule has 1 aromatic carbocycles. The molecule has 0 aliphatic heterocycles. The summed E-state index contributed by atoms with van der Waals surface area (Å²) in [6.07, 6.45) is 0. The van der Waals surface area contributed by atoms with Crippen LogP contribution in [0.5, 0.6) is 5.75 Å². The van der Waals surface area contributed by atoms with Crippen molar-refractivity contribution < 1.29 is 5.11 Å². The number of benzene rings is 1. The highest BCUT2D eigenvalue weighted by molar-refractivity contribution is 5.62. The van der Waals surface area contributed by atoms with Gasteiger partial charge in [-0.2, -0.15) is 5.26 Å². The molecule has 3 nitrogen and oxygen atoms in total. The molecule has 0 amide bonds. The van der Waals surface area contributed by atoms with Crippen molar-refractivity contribution in [2.24, 2.45) is 0 Å². The lowest BCUT2D eigenvalue weighted by atomic mass is 10.1. The van der Waals surface area contributed by atoms with Crippen molar-refractivity contribution in [1.82, 2.24) is 0 Å². The highest BCUT2D eigenvalue weighted by atomic mass is 16.3. The molecule has 1 aromatic rings. The number of aromatic hydroxyl groups is 1. The van der Waals surface area contributed by atoms with Crippen LogP contribution in [0, 0.1) is 18.3 Å². The Bertz CT molecular complexity index is 326. The topological polar surface area (TPSA) is 70.0 Å². The van der Waals surface area contributed by atoms with Gasteiger partial charge < -0.3 is 10.8 Å². The fourth-order valence-electron chi connectivity index (χ4n) is 0.815. The highest BCUT2D eigenvalue weighted by Gasteiger charge is 2.04. The van der Waals surface area contributed by atoms with E-state index in [0.29, 0.717) is 16.8 Å². The molecule has 0 unspecified atom stereocenters. The molecule has 0 heterocycles. The third-order valence-corrected chi connectivity index (χ3v) is 1.61. The minimum atomic E-state index is 0.126. The van der Waals surface area contributed by atoms with Gasteiger partial charge in [0.25, 0.3) is 0 Å². The number of hydrogen-bond donors (Lipinski definition) is 2.